The Morgan fingerprint density at radius 2 is 1.85 bits per heavy atom. The lowest BCUT2D eigenvalue weighted by Crippen LogP contribution is -2.34. The van der Waals surface area contributed by atoms with Crippen LogP contribution in [0.15, 0.2) is 0 Å². The fraction of sp³-hybridized carbons (Fsp3) is 0.909. The molecule has 0 spiro atoms. The fourth-order valence-electron chi connectivity index (χ4n) is 1.97. The first-order valence-electron chi connectivity index (χ1n) is 5.40. The van der Waals surface area contributed by atoms with E-state index in [0.717, 1.165) is 25.3 Å². The van der Waals surface area contributed by atoms with Gasteiger partial charge in [0, 0.05) is 19.5 Å². The largest absolute Gasteiger partial charge is 0.346 e. The molecule has 0 unspecified atom stereocenters. The van der Waals surface area contributed by atoms with Gasteiger partial charge < -0.3 is 4.90 Å². The van der Waals surface area contributed by atoms with Crippen LogP contribution >= 0.6 is 0 Å². The van der Waals surface area contributed by atoms with Crippen molar-refractivity contribution in [3.8, 4) is 0 Å². The second-order valence-electron chi connectivity index (χ2n) is 4.31. The average Bonchev–Trinajstić information content (AvgIpc) is 2.17. The quantitative estimate of drug-likeness (QED) is 0.643. The van der Waals surface area contributed by atoms with Gasteiger partial charge in [-0.15, -0.1) is 0 Å². The molecule has 0 atom stereocenters. The Hall–Kier alpha value is -0.530. The zero-order chi connectivity index (χ0) is 9.84. The highest BCUT2D eigenvalue weighted by molar-refractivity contribution is 5.78. The highest BCUT2D eigenvalue weighted by atomic mass is 16.2. The number of carbonyl (C=O) groups excluding carboxylic acids is 1. The Labute approximate surface area is 81.3 Å². The molecule has 76 valence electrons. The lowest BCUT2D eigenvalue weighted by Gasteiger charge is -2.28. The van der Waals surface area contributed by atoms with Gasteiger partial charge in [0.15, 0.2) is 0 Å². The van der Waals surface area contributed by atoms with Crippen molar-refractivity contribution < 1.29 is 4.79 Å². The number of carbonyl (C=O) groups is 1. The van der Waals surface area contributed by atoms with Crippen LogP contribution in [0.1, 0.15) is 39.5 Å². The highest BCUT2D eigenvalue weighted by Gasteiger charge is 2.25. The second kappa shape index (κ2) is 4.64. The molecule has 1 rings (SSSR count). The van der Waals surface area contributed by atoms with E-state index in [1.54, 1.807) is 0 Å². The first-order valence-corrected chi connectivity index (χ1v) is 5.40. The van der Waals surface area contributed by atoms with Crippen LogP contribution in [0, 0.1) is 11.8 Å². The van der Waals surface area contributed by atoms with E-state index in [2.05, 4.69) is 6.92 Å². The lowest BCUT2D eigenvalue weighted by atomic mass is 9.82. The van der Waals surface area contributed by atoms with E-state index in [-0.39, 0.29) is 0 Å². The van der Waals surface area contributed by atoms with Crippen LogP contribution in [-0.4, -0.2) is 24.4 Å². The summed E-state index contributed by atoms with van der Waals surface area (Å²) in [6.45, 7) is 5.15. The van der Waals surface area contributed by atoms with Crippen LogP contribution < -0.4 is 0 Å². The van der Waals surface area contributed by atoms with Gasteiger partial charge in [-0.25, -0.2) is 0 Å². The van der Waals surface area contributed by atoms with Crippen molar-refractivity contribution >= 4 is 5.91 Å². The van der Waals surface area contributed by atoms with E-state index < -0.39 is 0 Å². The van der Waals surface area contributed by atoms with E-state index in [9.17, 15) is 4.79 Å². The summed E-state index contributed by atoms with van der Waals surface area (Å²) in [4.78, 5) is 13.6. The van der Waals surface area contributed by atoms with Crippen LogP contribution in [-0.2, 0) is 4.79 Å². The van der Waals surface area contributed by atoms with E-state index >= 15 is 0 Å². The van der Waals surface area contributed by atoms with Crippen molar-refractivity contribution in [2.24, 2.45) is 11.8 Å². The maximum Gasteiger partial charge on any atom is 0.225 e. The molecular formula is C11H21NO. The first kappa shape index (κ1) is 10.6. The predicted octanol–water partition coefficient (Wildman–Crippen LogP) is 2.29. The monoisotopic (exact) mass is 183 g/mol. The number of hydrogen-bond donors (Lipinski definition) is 0. The van der Waals surface area contributed by atoms with Crippen molar-refractivity contribution in [2.45, 2.75) is 39.5 Å². The van der Waals surface area contributed by atoms with Crippen LogP contribution in [0.5, 0.6) is 0 Å². The summed E-state index contributed by atoms with van der Waals surface area (Å²) < 4.78 is 0. The Morgan fingerprint density at radius 3 is 2.31 bits per heavy atom. The van der Waals surface area contributed by atoms with Gasteiger partial charge in [0.05, 0.1) is 0 Å². The van der Waals surface area contributed by atoms with E-state index in [1.807, 2.05) is 18.9 Å². The van der Waals surface area contributed by atoms with Crippen LogP contribution in [0.2, 0.25) is 0 Å². The summed E-state index contributed by atoms with van der Waals surface area (Å²) in [6.07, 6.45) is 4.66. The molecular weight excluding hydrogens is 162 g/mol. The number of amides is 1. The Kier molecular flexibility index (Phi) is 3.76. The summed E-state index contributed by atoms with van der Waals surface area (Å²) in [5, 5.41) is 0. The molecule has 0 radical (unpaired) electrons. The van der Waals surface area contributed by atoms with Crippen molar-refractivity contribution in [3.05, 3.63) is 0 Å². The number of nitrogens with zero attached hydrogens (tertiary/aromatic N) is 1. The highest BCUT2D eigenvalue weighted by Crippen LogP contribution is 2.29. The minimum absolute atomic E-state index is 0.321. The van der Waals surface area contributed by atoms with Crippen LogP contribution in [0.25, 0.3) is 0 Å². The summed E-state index contributed by atoms with van der Waals surface area (Å²) in [5.41, 5.74) is 0. The third-order valence-electron chi connectivity index (χ3n) is 3.22. The fourth-order valence-corrected chi connectivity index (χ4v) is 1.97. The predicted molar refractivity (Wildman–Crippen MR) is 54.4 cm³/mol. The lowest BCUT2D eigenvalue weighted by molar-refractivity contribution is -0.135. The van der Waals surface area contributed by atoms with E-state index in [4.69, 9.17) is 0 Å². The standard InChI is InChI=1S/C11H21NO/c1-4-12(3)11(13)10-7-5-9(2)6-8-10/h9-10H,4-8H2,1-3H3/t9-,10+. The van der Waals surface area contributed by atoms with Crippen molar-refractivity contribution in [1.29, 1.82) is 0 Å². The molecule has 1 aliphatic carbocycles. The third-order valence-corrected chi connectivity index (χ3v) is 3.22. The maximum absolute atomic E-state index is 11.8. The minimum atomic E-state index is 0.321. The summed E-state index contributed by atoms with van der Waals surface area (Å²) >= 11 is 0. The summed E-state index contributed by atoms with van der Waals surface area (Å²) in [5.74, 6) is 1.51. The molecule has 0 N–H and O–H groups in total. The average molecular weight is 183 g/mol. The zero-order valence-electron chi connectivity index (χ0n) is 9.05. The van der Waals surface area contributed by atoms with E-state index in [1.165, 1.54) is 12.8 Å². The number of hydrogen-bond acceptors (Lipinski definition) is 1. The van der Waals surface area contributed by atoms with Crippen LogP contribution in [0.3, 0.4) is 0 Å². The van der Waals surface area contributed by atoms with Gasteiger partial charge >= 0.3 is 0 Å². The molecule has 0 aliphatic heterocycles. The first-order chi connectivity index (χ1) is 6.15. The van der Waals surface area contributed by atoms with Gasteiger partial charge in [0.1, 0.15) is 0 Å². The van der Waals surface area contributed by atoms with Crippen molar-refractivity contribution in [2.75, 3.05) is 13.6 Å². The maximum atomic E-state index is 11.8. The Balaban J connectivity index is 2.40. The molecule has 0 bridgehead atoms. The van der Waals surface area contributed by atoms with Crippen molar-refractivity contribution in [1.82, 2.24) is 4.90 Å². The smallest absolute Gasteiger partial charge is 0.225 e. The van der Waals surface area contributed by atoms with Crippen LogP contribution in [0.4, 0.5) is 0 Å². The second-order valence-corrected chi connectivity index (χ2v) is 4.31. The summed E-state index contributed by atoms with van der Waals surface area (Å²) in [6, 6.07) is 0. The molecule has 2 heteroatoms. The molecule has 1 fully saturated rings. The SMILES string of the molecule is CCN(C)C(=O)[C@H]1CC[C@@H](C)CC1. The topological polar surface area (TPSA) is 20.3 Å². The van der Waals surface area contributed by atoms with Gasteiger partial charge in [-0.1, -0.05) is 6.92 Å². The molecule has 0 saturated heterocycles. The molecule has 1 saturated carbocycles. The normalized spacial score (nSPS) is 28.5. The Morgan fingerprint density at radius 1 is 1.31 bits per heavy atom. The minimum Gasteiger partial charge on any atom is -0.346 e. The molecule has 0 aromatic heterocycles. The Bertz CT molecular complexity index is 171. The molecule has 0 heterocycles. The van der Waals surface area contributed by atoms with Gasteiger partial charge in [-0.05, 0) is 38.5 Å². The zero-order valence-corrected chi connectivity index (χ0v) is 9.05. The third kappa shape index (κ3) is 2.71. The van der Waals surface area contributed by atoms with Crippen molar-refractivity contribution in [3.63, 3.8) is 0 Å². The molecule has 2 nitrogen and oxygen atoms in total. The van der Waals surface area contributed by atoms with Gasteiger partial charge in [0.2, 0.25) is 5.91 Å². The van der Waals surface area contributed by atoms with E-state index in [0.29, 0.717) is 11.8 Å². The molecule has 1 amide bonds. The molecule has 13 heavy (non-hydrogen) atoms. The number of rotatable bonds is 2. The molecule has 0 aromatic carbocycles. The van der Waals surface area contributed by atoms with Gasteiger partial charge in [-0.3, -0.25) is 4.79 Å². The van der Waals surface area contributed by atoms with Gasteiger partial charge in [0.25, 0.3) is 0 Å². The molecule has 1 aliphatic rings. The summed E-state index contributed by atoms with van der Waals surface area (Å²) in [7, 11) is 1.90. The molecule has 0 aromatic rings. The van der Waals surface area contributed by atoms with Gasteiger partial charge in [-0.2, -0.15) is 0 Å².